The lowest BCUT2D eigenvalue weighted by Crippen LogP contribution is -2.28. The zero-order valence-electron chi connectivity index (χ0n) is 38.4. The molecule has 1 unspecified atom stereocenters. The summed E-state index contributed by atoms with van der Waals surface area (Å²) in [6.07, 6.45) is 4.19. The van der Waals surface area contributed by atoms with E-state index in [-0.39, 0.29) is 11.0 Å². The van der Waals surface area contributed by atoms with E-state index in [1.165, 1.54) is 77.0 Å². The van der Waals surface area contributed by atoms with Crippen LogP contribution >= 0.6 is 0 Å². The summed E-state index contributed by atoms with van der Waals surface area (Å²) in [5.74, 6) is 0.950. The monoisotopic (exact) mass is 834 g/mol. The van der Waals surface area contributed by atoms with Crippen molar-refractivity contribution in [3.05, 3.63) is 187 Å². The van der Waals surface area contributed by atoms with Gasteiger partial charge in [-0.25, -0.2) is 0 Å². The molecular formula is C61H58N2O. The SMILES string of the molecule is CCCC(C)(CC)c1cc(-c2ccccc2)c(OC(C)(C)CC)c(-c2ccc(-c3cc(-n4c5ccccc5c5ccccc54)cc(-n4c5ccccc5c5ccccc54)c3)c(C)c2)c1. The standard InChI is InChI=1S/C61H58N2O/c1-8-34-61(7,10-3)45-38-53(42-22-12-11-13-23-42)59(64-60(5,6)9-2)54(39-45)43-32-33-48(41(4)35-43)44-36-46(62-55-28-18-14-24-49(55)50-25-15-19-29-56(50)62)40-47(37-44)63-57-30-20-16-26-51(57)52-27-17-21-31-58(52)63/h11-33,35-40H,8-10,34H2,1-7H3. The third-order valence-electron chi connectivity index (χ3n) is 14.1. The average molecular weight is 835 g/mol. The molecule has 0 spiro atoms. The van der Waals surface area contributed by atoms with E-state index in [1.807, 2.05) is 0 Å². The van der Waals surface area contributed by atoms with Gasteiger partial charge in [0.1, 0.15) is 11.4 Å². The van der Waals surface area contributed by atoms with E-state index in [2.05, 4.69) is 234 Å². The second-order valence-electron chi connectivity index (χ2n) is 18.7. The van der Waals surface area contributed by atoms with Gasteiger partial charge in [-0.2, -0.15) is 0 Å². The van der Waals surface area contributed by atoms with Gasteiger partial charge >= 0.3 is 0 Å². The average Bonchev–Trinajstić information content (AvgIpc) is 3.85. The fourth-order valence-electron chi connectivity index (χ4n) is 10.1. The normalized spacial score (nSPS) is 13.0. The molecule has 2 heterocycles. The van der Waals surface area contributed by atoms with Crippen LogP contribution in [0, 0.1) is 6.92 Å². The Bertz CT molecular complexity index is 3110. The topological polar surface area (TPSA) is 19.1 Å². The molecule has 0 fully saturated rings. The fourth-order valence-corrected chi connectivity index (χ4v) is 10.1. The Morgan fingerprint density at radius 2 is 0.906 bits per heavy atom. The smallest absolute Gasteiger partial charge is 0.135 e. The molecular weight excluding hydrogens is 777 g/mol. The predicted molar refractivity (Wildman–Crippen MR) is 274 cm³/mol. The summed E-state index contributed by atoms with van der Waals surface area (Å²) in [5.41, 5.74) is 16.3. The summed E-state index contributed by atoms with van der Waals surface area (Å²) < 4.78 is 12.1. The lowest BCUT2D eigenvalue weighted by atomic mass is 9.74. The summed E-state index contributed by atoms with van der Waals surface area (Å²) in [6.45, 7) is 16.0. The molecule has 0 aliphatic carbocycles. The number of hydrogen-bond donors (Lipinski definition) is 0. The number of rotatable bonds is 12. The number of ether oxygens (including phenoxy) is 1. The molecule has 0 aliphatic heterocycles. The second kappa shape index (κ2) is 16.4. The van der Waals surface area contributed by atoms with Crippen molar-refractivity contribution in [1.82, 2.24) is 9.13 Å². The molecule has 0 bridgehead atoms. The van der Waals surface area contributed by atoms with E-state index in [0.717, 1.165) is 53.9 Å². The van der Waals surface area contributed by atoms with Crippen molar-refractivity contribution in [3.8, 4) is 50.5 Å². The molecule has 0 N–H and O–H groups in total. The van der Waals surface area contributed by atoms with Gasteiger partial charge in [0.2, 0.25) is 0 Å². The largest absolute Gasteiger partial charge is 0.487 e. The number of fused-ring (bicyclic) bond motifs is 6. The van der Waals surface area contributed by atoms with E-state index >= 15 is 0 Å². The van der Waals surface area contributed by atoms with Crippen molar-refractivity contribution in [1.29, 1.82) is 0 Å². The Balaban J connectivity index is 1.22. The van der Waals surface area contributed by atoms with Crippen LogP contribution < -0.4 is 4.74 Å². The molecule has 0 radical (unpaired) electrons. The minimum Gasteiger partial charge on any atom is -0.487 e. The molecule has 10 aromatic rings. The number of hydrogen-bond acceptors (Lipinski definition) is 1. The number of nitrogens with zero attached hydrogens (tertiary/aromatic N) is 2. The third kappa shape index (κ3) is 7.08. The first kappa shape index (κ1) is 41.2. The molecule has 10 rings (SSSR count). The summed E-state index contributed by atoms with van der Waals surface area (Å²) in [7, 11) is 0. The molecule has 2 aromatic heterocycles. The minimum absolute atomic E-state index is 0.0251. The quantitative estimate of drug-likeness (QED) is 0.120. The van der Waals surface area contributed by atoms with Gasteiger partial charge in [-0.05, 0) is 133 Å². The zero-order valence-corrected chi connectivity index (χ0v) is 38.4. The maximum absolute atomic E-state index is 7.19. The van der Waals surface area contributed by atoms with Crippen LogP contribution in [0.15, 0.2) is 176 Å². The molecule has 0 amide bonds. The Kier molecular flexibility index (Phi) is 10.5. The highest BCUT2D eigenvalue weighted by Crippen LogP contribution is 2.47. The zero-order chi connectivity index (χ0) is 44.2. The van der Waals surface area contributed by atoms with Gasteiger partial charge in [0.15, 0.2) is 0 Å². The van der Waals surface area contributed by atoms with Crippen LogP contribution in [0.4, 0.5) is 0 Å². The Hall–Kier alpha value is -6.84. The maximum Gasteiger partial charge on any atom is 0.135 e. The number of para-hydroxylation sites is 4. The van der Waals surface area contributed by atoms with Crippen LogP contribution in [0.3, 0.4) is 0 Å². The number of aromatic nitrogens is 2. The molecule has 64 heavy (non-hydrogen) atoms. The highest BCUT2D eigenvalue weighted by atomic mass is 16.5. The van der Waals surface area contributed by atoms with Crippen LogP contribution in [0.2, 0.25) is 0 Å². The first-order chi connectivity index (χ1) is 31.1. The second-order valence-corrected chi connectivity index (χ2v) is 18.7. The van der Waals surface area contributed by atoms with Gasteiger partial charge in [-0.1, -0.05) is 155 Å². The Labute approximate surface area is 378 Å². The fraction of sp³-hybridized carbons (Fsp3) is 0.213. The van der Waals surface area contributed by atoms with Crippen molar-refractivity contribution < 1.29 is 4.74 Å². The highest BCUT2D eigenvalue weighted by Gasteiger charge is 2.30. The minimum atomic E-state index is -0.358. The van der Waals surface area contributed by atoms with Gasteiger partial charge < -0.3 is 13.9 Å². The van der Waals surface area contributed by atoms with Crippen molar-refractivity contribution >= 4 is 43.6 Å². The predicted octanol–water partition coefficient (Wildman–Crippen LogP) is 17.2. The molecule has 3 heteroatoms. The molecule has 8 aromatic carbocycles. The van der Waals surface area contributed by atoms with E-state index in [1.54, 1.807) is 0 Å². The van der Waals surface area contributed by atoms with Gasteiger partial charge in [0.25, 0.3) is 0 Å². The van der Waals surface area contributed by atoms with E-state index in [4.69, 9.17) is 4.74 Å². The maximum atomic E-state index is 7.19. The van der Waals surface area contributed by atoms with Gasteiger partial charge in [-0.3, -0.25) is 0 Å². The van der Waals surface area contributed by atoms with Gasteiger partial charge in [0, 0.05) is 44.0 Å². The highest BCUT2D eigenvalue weighted by molar-refractivity contribution is 6.10. The first-order valence-electron chi connectivity index (χ1n) is 23.3. The molecule has 1 atom stereocenters. The van der Waals surface area contributed by atoms with Gasteiger partial charge in [-0.15, -0.1) is 0 Å². The molecule has 0 aliphatic rings. The number of aryl methyl sites for hydroxylation is 1. The summed E-state index contributed by atoms with van der Waals surface area (Å²) >= 11 is 0. The third-order valence-corrected chi connectivity index (χ3v) is 14.1. The van der Waals surface area contributed by atoms with Crippen molar-refractivity contribution in [2.75, 3.05) is 0 Å². The van der Waals surface area contributed by atoms with Crippen LogP contribution in [-0.2, 0) is 5.41 Å². The summed E-state index contributed by atoms with van der Waals surface area (Å²) in [6, 6.07) is 65.2. The van der Waals surface area contributed by atoms with E-state index in [0.29, 0.717) is 0 Å². The van der Waals surface area contributed by atoms with E-state index < -0.39 is 0 Å². The van der Waals surface area contributed by atoms with Gasteiger partial charge in [0.05, 0.1) is 22.1 Å². The van der Waals surface area contributed by atoms with Crippen LogP contribution in [0.5, 0.6) is 5.75 Å². The molecule has 0 saturated heterocycles. The van der Waals surface area contributed by atoms with Crippen LogP contribution in [0.25, 0.3) is 88.4 Å². The van der Waals surface area contributed by atoms with Crippen LogP contribution in [0.1, 0.15) is 78.4 Å². The van der Waals surface area contributed by atoms with Crippen LogP contribution in [-0.4, -0.2) is 14.7 Å². The van der Waals surface area contributed by atoms with Crippen molar-refractivity contribution in [3.63, 3.8) is 0 Å². The molecule has 3 nitrogen and oxygen atoms in total. The molecule has 0 saturated carbocycles. The van der Waals surface area contributed by atoms with E-state index in [9.17, 15) is 0 Å². The molecule has 318 valence electrons. The first-order valence-corrected chi connectivity index (χ1v) is 23.3. The Morgan fingerprint density at radius 1 is 0.438 bits per heavy atom. The Morgan fingerprint density at radius 3 is 1.36 bits per heavy atom. The lowest BCUT2D eigenvalue weighted by molar-refractivity contribution is 0.107. The number of benzene rings is 8. The summed E-state index contributed by atoms with van der Waals surface area (Å²) in [5, 5.41) is 5.01. The summed E-state index contributed by atoms with van der Waals surface area (Å²) in [4.78, 5) is 0. The van der Waals surface area contributed by atoms with Crippen molar-refractivity contribution in [2.45, 2.75) is 85.2 Å². The van der Waals surface area contributed by atoms with Crippen molar-refractivity contribution in [2.24, 2.45) is 0 Å². The lowest BCUT2D eigenvalue weighted by Gasteiger charge is -2.33.